The molecule has 0 saturated carbocycles. The molecule has 0 amide bonds. The molecule has 16 heavy (non-hydrogen) atoms. The van der Waals surface area contributed by atoms with E-state index in [9.17, 15) is 4.79 Å². The van der Waals surface area contributed by atoms with Gasteiger partial charge in [0.25, 0.3) is 0 Å². The highest BCUT2D eigenvalue weighted by Gasteiger charge is 2.23. The lowest BCUT2D eigenvalue weighted by Gasteiger charge is -2.35. The molecule has 2 unspecified atom stereocenters. The maximum atomic E-state index is 11.2. The molecule has 2 N–H and O–H groups in total. The van der Waals surface area contributed by atoms with E-state index in [1.165, 1.54) is 32.1 Å². The molecule has 2 aliphatic heterocycles. The molecule has 0 bridgehead atoms. The minimum Gasteiger partial charge on any atom is -0.315 e. The molecule has 0 aromatic heterocycles. The van der Waals surface area contributed by atoms with Crippen LogP contribution in [0, 0.1) is 0 Å². The Kier molecular flexibility index (Phi) is 4.75. The largest absolute Gasteiger partial charge is 0.315 e. The van der Waals surface area contributed by atoms with Crippen LogP contribution in [0.2, 0.25) is 0 Å². The van der Waals surface area contributed by atoms with Crippen molar-refractivity contribution in [2.24, 2.45) is 0 Å². The molecule has 2 aliphatic rings. The lowest BCUT2D eigenvalue weighted by atomic mass is 10.1. The smallest absolute Gasteiger partial charge is 0.151 e. The molecule has 0 radical (unpaired) electrons. The van der Waals surface area contributed by atoms with E-state index in [1.54, 1.807) is 0 Å². The number of hydrogen-bond acceptors (Lipinski definition) is 4. The van der Waals surface area contributed by atoms with Crippen molar-refractivity contribution < 1.29 is 4.79 Å². The summed E-state index contributed by atoms with van der Waals surface area (Å²) in [5.41, 5.74) is 0. The monoisotopic (exact) mass is 225 g/mol. The van der Waals surface area contributed by atoms with Gasteiger partial charge in [-0.1, -0.05) is 6.42 Å². The Balaban J connectivity index is 1.81. The number of nitrogens with one attached hydrogen (secondary N) is 2. The summed E-state index contributed by atoms with van der Waals surface area (Å²) >= 11 is 0. The van der Waals surface area contributed by atoms with E-state index in [4.69, 9.17) is 0 Å². The molecule has 0 aromatic rings. The molecular formula is C12H23N3O. The van der Waals surface area contributed by atoms with Gasteiger partial charge in [-0.2, -0.15) is 0 Å². The van der Waals surface area contributed by atoms with E-state index in [-0.39, 0.29) is 6.17 Å². The molecule has 0 aromatic carbocycles. The molecular weight excluding hydrogens is 202 g/mol. The summed E-state index contributed by atoms with van der Waals surface area (Å²) in [7, 11) is 0. The molecule has 4 nitrogen and oxygen atoms in total. The number of hydrogen-bond donors (Lipinski definition) is 2. The normalized spacial score (nSPS) is 29.9. The number of rotatable bonds is 4. The predicted molar refractivity (Wildman–Crippen MR) is 64.3 cm³/mol. The maximum absolute atomic E-state index is 11.2. The van der Waals surface area contributed by atoms with Crippen LogP contribution in [0.1, 0.15) is 32.1 Å². The zero-order valence-electron chi connectivity index (χ0n) is 9.95. The summed E-state index contributed by atoms with van der Waals surface area (Å²) in [6.07, 6.45) is 7.18. The van der Waals surface area contributed by atoms with Gasteiger partial charge in [0.2, 0.25) is 0 Å². The van der Waals surface area contributed by atoms with Crippen LogP contribution in [0.15, 0.2) is 0 Å². The van der Waals surface area contributed by atoms with Crippen molar-refractivity contribution in [1.82, 2.24) is 15.5 Å². The second-order valence-corrected chi connectivity index (χ2v) is 4.89. The van der Waals surface area contributed by atoms with Gasteiger partial charge in [0.15, 0.2) is 6.29 Å². The standard InChI is InChI=1S/C12H23N3O/c16-10-12(15-7-2-1-3-8-15)14-11-5-4-6-13-9-11/h10-14H,1-9H2. The highest BCUT2D eigenvalue weighted by atomic mass is 16.1. The first-order valence-electron chi connectivity index (χ1n) is 6.56. The Hall–Kier alpha value is -0.450. The van der Waals surface area contributed by atoms with Crippen molar-refractivity contribution in [2.75, 3.05) is 26.2 Å². The Morgan fingerprint density at radius 3 is 2.69 bits per heavy atom. The molecule has 4 heteroatoms. The summed E-state index contributed by atoms with van der Waals surface area (Å²) in [6, 6.07) is 0.464. The van der Waals surface area contributed by atoms with E-state index in [2.05, 4.69) is 15.5 Å². The Labute approximate surface area is 97.8 Å². The first kappa shape index (κ1) is 12.0. The van der Waals surface area contributed by atoms with Crippen LogP contribution < -0.4 is 10.6 Å². The van der Waals surface area contributed by atoms with Crippen molar-refractivity contribution in [2.45, 2.75) is 44.3 Å². The second-order valence-electron chi connectivity index (χ2n) is 4.89. The number of likely N-dealkylation sites (tertiary alicyclic amines) is 1. The van der Waals surface area contributed by atoms with E-state index < -0.39 is 0 Å². The molecule has 2 rings (SSSR count). The average Bonchev–Trinajstić information content (AvgIpc) is 2.38. The maximum Gasteiger partial charge on any atom is 0.151 e. The van der Waals surface area contributed by atoms with Crippen LogP contribution >= 0.6 is 0 Å². The topological polar surface area (TPSA) is 44.4 Å². The third-order valence-electron chi connectivity index (χ3n) is 3.62. The summed E-state index contributed by atoms with van der Waals surface area (Å²) in [5.74, 6) is 0. The third-order valence-corrected chi connectivity index (χ3v) is 3.62. The summed E-state index contributed by atoms with van der Waals surface area (Å²) in [5, 5.41) is 6.84. The number of carbonyl (C=O) groups excluding carboxylic acids is 1. The zero-order chi connectivity index (χ0) is 11.2. The Bertz CT molecular complexity index is 210. The van der Waals surface area contributed by atoms with E-state index in [0.29, 0.717) is 6.04 Å². The van der Waals surface area contributed by atoms with Gasteiger partial charge in [0.05, 0.1) is 0 Å². The quantitative estimate of drug-likeness (QED) is 0.677. The van der Waals surface area contributed by atoms with Gasteiger partial charge in [0, 0.05) is 25.7 Å². The van der Waals surface area contributed by atoms with Crippen molar-refractivity contribution in [3.05, 3.63) is 0 Å². The number of aldehydes is 1. The summed E-state index contributed by atoms with van der Waals surface area (Å²) in [6.45, 7) is 4.25. The number of nitrogens with zero attached hydrogens (tertiary/aromatic N) is 1. The number of piperidine rings is 2. The summed E-state index contributed by atoms with van der Waals surface area (Å²) in [4.78, 5) is 13.4. The average molecular weight is 225 g/mol. The van der Waals surface area contributed by atoms with Crippen molar-refractivity contribution in [1.29, 1.82) is 0 Å². The molecule has 2 fully saturated rings. The number of carbonyl (C=O) groups is 1. The van der Waals surface area contributed by atoms with Crippen LogP contribution in [0.5, 0.6) is 0 Å². The second kappa shape index (κ2) is 6.33. The van der Waals surface area contributed by atoms with Gasteiger partial charge < -0.3 is 10.1 Å². The Morgan fingerprint density at radius 1 is 1.25 bits per heavy atom. The molecule has 2 heterocycles. The Morgan fingerprint density at radius 2 is 2.06 bits per heavy atom. The fourth-order valence-electron chi connectivity index (χ4n) is 2.66. The lowest BCUT2D eigenvalue weighted by molar-refractivity contribution is -0.114. The first-order valence-corrected chi connectivity index (χ1v) is 6.56. The SMILES string of the molecule is O=CC(NC1CCCNC1)N1CCCCC1. The fourth-order valence-corrected chi connectivity index (χ4v) is 2.66. The molecule has 92 valence electrons. The zero-order valence-corrected chi connectivity index (χ0v) is 9.95. The van der Waals surface area contributed by atoms with Crippen LogP contribution in [0.4, 0.5) is 0 Å². The van der Waals surface area contributed by atoms with Gasteiger partial charge in [-0.15, -0.1) is 0 Å². The van der Waals surface area contributed by atoms with Crippen LogP contribution in [-0.4, -0.2) is 49.6 Å². The predicted octanol–water partition coefficient (Wildman–Crippen LogP) is 0.339. The van der Waals surface area contributed by atoms with Gasteiger partial charge in [-0.25, -0.2) is 0 Å². The minimum atomic E-state index is -0.0646. The fraction of sp³-hybridized carbons (Fsp3) is 0.917. The molecule has 2 atom stereocenters. The van der Waals surface area contributed by atoms with Crippen molar-refractivity contribution >= 4 is 6.29 Å². The van der Waals surface area contributed by atoms with Crippen molar-refractivity contribution in [3.63, 3.8) is 0 Å². The summed E-state index contributed by atoms with van der Waals surface area (Å²) < 4.78 is 0. The van der Waals surface area contributed by atoms with Crippen LogP contribution in [0.3, 0.4) is 0 Å². The van der Waals surface area contributed by atoms with Crippen LogP contribution in [-0.2, 0) is 4.79 Å². The van der Waals surface area contributed by atoms with Gasteiger partial charge in [-0.3, -0.25) is 10.2 Å². The van der Waals surface area contributed by atoms with Gasteiger partial charge >= 0.3 is 0 Å². The minimum absolute atomic E-state index is 0.0646. The van der Waals surface area contributed by atoms with E-state index in [1.807, 2.05) is 0 Å². The van der Waals surface area contributed by atoms with E-state index >= 15 is 0 Å². The lowest BCUT2D eigenvalue weighted by Crippen LogP contribution is -2.55. The third kappa shape index (κ3) is 3.27. The molecule has 0 aliphatic carbocycles. The van der Waals surface area contributed by atoms with E-state index in [0.717, 1.165) is 32.5 Å². The van der Waals surface area contributed by atoms with Crippen molar-refractivity contribution in [3.8, 4) is 0 Å². The molecule has 0 spiro atoms. The molecule has 2 saturated heterocycles. The van der Waals surface area contributed by atoms with Gasteiger partial charge in [-0.05, 0) is 32.2 Å². The van der Waals surface area contributed by atoms with Crippen LogP contribution in [0.25, 0.3) is 0 Å². The van der Waals surface area contributed by atoms with Gasteiger partial charge in [0.1, 0.15) is 6.17 Å². The first-order chi connectivity index (χ1) is 7.90. The highest BCUT2D eigenvalue weighted by molar-refractivity contribution is 5.57. The highest BCUT2D eigenvalue weighted by Crippen LogP contribution is 2.11.